The fraction of sp³-hybridized carbons (Fsp3) is 0.923. The summed E-state index contributed by atoms with van der Waals surface area (Å²) in [7, 11) is 0. The Kier molecular flexibility index (Phi) is 3.85. The van der Waals surface area contributed by atoms with Crippen LogP contribution in [0.2, 0.25) is 0 Å². The Morgan fingerprint density at radius 1 is 1.31 bits per heavy atom. The molecule has 1 heterocycles. The smallest absolute Gasteiger partial charge is 0.237 e. The highest BCUT2D eigenvalue weighted by Crippen LogP contribution is 2.34. The van der Waals surface area contributed by atoms with E-state index in [2.05, 4.69) is 17.6 Å². The lowest BCUT2D eigenvalue weighted by Gasteiger charge is -2.42. The number of amides is 1. The Hall–Kier alpha value is -0.570. The second-order valence-corrected chi connectivity index (χ2v) is 5.33. The molecule has 0 aromatic carbocycles. The summed E-state index contributed by atoms with van der Waals surface area (Å²) in [5, 5.41) is 6.64. The van der Waals surface area contributed by atoms with Crippen LogP contribution in [0.15, 0.2) is 0 Å². The van der Waals surface area contributed by atoms with E-state index in [1.807, 2.05) is 0 Å². The number of rotatable bonds is 3. The molecule has 16 heavy (non-hydrogen) atoms. The van der Waals surface area contributed by atoms with Crippen molar-refractivity contribution in [1.29, 1.82) is 0 Å². The topological polar surface area (TPSA) is 41.1 Å². The molecular weight excluding hydrogens is 200 g/mol. The molecule has 3 heteroatoms. The van der Waals surface area contributed by atoms with Crippen molar-refractivity contribution in [3.63, 3.8) is 0 Å². The van der Waals surface area contributed by atoms with Gasteiger partial charge in [-0.05, 0) is 45.1 Å². The molecule has 1 aliphatic heterocycles. The van der Waals surface area contributed by atoms with Crippen molar-refractivity contribution in [3.05, 3.63) is 0 Å². The van der Waals surface area contributed by atoms with Gasteiger partial charge in [0.2, 0.25) is 5.91 Å². The van der Waals surface area contributed by atoms with E-state index in [1.165, 1.54) is 38.5 Å². The second kappa shape index (κ2) is 5.17. The van der Waals surface area contributed by atoms with Crippen LogP contribution in [0.3, 0.4) is 0 Å². The Balaban J connectivity index is 1.86. The summed E-state index contributed by atoms with van der Waals surface area (Å²) in [5.41, 5.74) is 0.144. The molecule has 1 saturated carbocycles. The van der Waals surface area contributed by atoms with Gasteiger partial charge < -0.3 is 10.6 Å². The molecule has 1 amide bonds. The van der Waals surface area contributed by atoms with Crippen LogP contribution in [0.5, 0.6) is 0 Å². The molecule has 0 radical (unpaired) electrons. The van der Waals surface area contributed by atoms with Gasteiger partial charge in [0.05, 0.1) is 6.04 Å². The van der Waals surface area contributed by atoms with Crippen molar-refractivity contribution in [3.8, 4) is 0 Å². The molecule has 3 nitrogen and oxygen atoms in total. The monoisotopic (exact) mass is 224 g/mol. The summed E-state index contributed by atoms with van der Waals surface area (Å²) < 4.78 is 0. The lowest BCUT2D eigenvalue weighted by atomic mass is 9.74. The minimum Gasteiger partial charge on any atom is -0.349 e. The van der Waals surface area contributed by atoms with Crippen molar-refractivity contribution in [2.45, 2.75) is 69.9 Å². The van der Waals surface area contributed by atoms with Gasteiger partial charge in [-0.1, -0.05) is 19.8 Å². The van der Waals surface area contributed by atoms with Gasteiger partial charge in [-0.25, -0.2) is 0 Å². The Morgan fingerprint density at radius 3 is 2.75 bits per heavy atom. The minimum absolute atomic E-state index is 0.0616. The van der Waals surface area contributed by atoms with Crippen LogP contribution in [0.1, 0.15) is 58.3 Å². The lowest BCUT2D eigenvalue weighted by molar-refractivity contribution is -0.126. The van der Waals surface area contributed by atoms with Gasteiger partial charge in [0, 0.05) is 5.54 Å². The molecule has 2 fully saturated rings. The summed E-state index contributed by atoms with van der Waals surface area (Å²) in [4.78, 5) is 12.1. The maximum atomic E-state index is 12.1. The fourth-order valence-corrected chi connectivity index (χ4v) is 2.77. The van der Waals surface area contributed by atoms with Crippen molar-refractivity contribution in [2.24, 2.45) is 0 Å². The fourth-order valence-electron chi connectivity index (χ4n) is 2.77. The number of carbonyl (C=O) groups is 1. The van der Waals surface area contributed by atoms with E-state index in [0.717, 1.165) is 19.4 Å². The van der Waals surface area contributed by atoms with E-state index in [1.54, 1.807) is 0 Å². The Bertz CT molecular complexity index is 235. The van der Waals surface area contributed by atoms with Crippen LogP contribution in [-0.4, -0.2) is 24.0 Å². The molecule has 2 rings (SSSR count). The molecule has 2 aliphatic rings. The zero-order chi connectivity index (χ0) is 11.4. The number of hydrogen-bond acceptors (Lipinski definition) is 2. The van der Waals surface area contributed by atoms with Crippen LogP contribution in [-0.2, 0) is 4.79 Å². The molecule has 0 spiro atoms. The van der Waals surface area contributed by atoms with Crippen LogP contribution < -0.4 is 10.6 Å². The molecule has 0 aromatic rings. The average Bonchev–Trinajstić information content (AvgIpc) is 2.51. The maximum Gasteiger partial charge on any atom is 0.237 e. The van der Waals surface area contributed by atoms with Crippen molar-refractivity contribution in [1.82, 2.24) is 10.6 Å². The third-order valence-corrected chi connectivity index (χ3v) is 4.25. The normalized spacial score (nSPS) is 28.9. The molecule has 0 aromatic heterocycles. The first-order chi connectivity index (χ1) is 7.76. The van der Waals surface area contributed by atoms with Crippen molar-refractivity contribution in [2.75, 3.05) is 6.54 Å². The summed E-state index contributed by atoms with van der Waals surface area (Å²) in [6, 6.07) is 0.0616. The zero-order valence-corrected chi connectivity index (χ0v) is 10.3. The molecule has 92 valence electrons. The SMILES string of the molecule is CCC1(NC(=O)C2CCCCCN2)CCC1. The Labute approximate surface area is 98.4 Å². The summed E-state index contributed by atoms with van der Waals surface area (Å²) in [6.07, 6.45) is 9.34. The van der Waals surface area contributed by atoms with Gasteiger partial charge >= 0.3 is 0 Å². The molecule has 1 unspecified atom stereocenters. The number of carbonyl (C=O) groups excluding carboxylic acids is 1. The van der Waals surface area contributed by atoms with Gasteiger partial charge in [0.1, 0.15) is 0 Å². The predicted molar refractivity (Wildman–Crippen MR) is 65.3 cm³/mol. The largest absolute Gasteiger partial charge is 0.349 e. The first kappa shape index (κ1) is 11.9. The van der Waals surface area contributed by atoms with Crippen molar-refractivity contribution >= 4 is 5.91 Å². The molecule has 1 saturated heterocycles. The van der Waals surface area contributed by atoms with Crippen LogP contribution >= 0.6 is 0 Å². The van der Waals surface area contributed by atoms with E-state index < -0.39 is 0 Å². The minimum atomic E-state index is 0.0616. The van der Waals surface area contributed by atoms with Gasteiger partial charge in [-0.15, -0.1) is 0 Å². The van der Waals surface area contributed by atoms with Gasteiger partial charge in [0.25, 0.3) is 0 Å². The number of nitrogens with one attached hydrogen (secondary N) is 2. The predicted octanol–water partition coefficient (Wildman–Crippen LogP) is 1.97. The first-order valence-electron chi connectivity index (χ1n) is 6.81. The van der Waals surface area contributed by atoms with E-state index in [9.17, 15) is 4.79 Å². The van der Waals surface area contributed by atoms with Gasteiger partial charge in [0.15, 0.2) is 0 Å². The highest BCUT2D eigenvalue weighted by atomic mass is 16.2. The summed E-state index contributed by atoms with van der Waals surface area (Å²) in [5.74, 6) is 0.239. The second-order valence-electron chi connectivity index (χ2n) is 5.33. The maximum absolute atomic E-state index is 12.1. The third kappa shape index (κ3) is 2.57. The first-order valence-corrected chi connectivity index (χ1v) is 6.81. The quantitative estimate of drug-likeness (QED) is 0.769. The van der Waals surface area contributed by atoms with Crippen LogP contribution in [0.25, 0.3) is 0 Å². The lowest BCUT2D eigenvalue weighted by Crippen LogP contribution is -2.57. The average molecular weight is 224 g/mol. The Morgan fingerprint density at radius 2 is 2.12 bits per heavy atom. The van der Waals surface area contributed by atoms with Crippen LogP contribution in [0.4, 0.5) is 0 Å². The molecule has 1 aliphatic carbocycles. The van der Waals surface area contributed by atoms with E-state index in [-0.39, 0.29) is 17.5 Å². The highest BCUT2D eigenvalue weighted by Gasteiger charge is 2.37. The highest BCUT2D eigenvalue weighted by molar-refractivity contribution is 5.82. The van der Waals surface area contributed by atoms with E-state index in [4.69, 9.17) is 0 Å². The molecule has 2 N–H and O–H groups in total. The van der Waals surface area contributed by atoms with E-state index >= 15 is 0 Å². The number of hydrogen-bond donors (Lipinski definition) is 2. The molecular formula is C13H24N2O. The summed E-state index contributed by atoms with van der Waals surface area (Å²) in [6.45, 7) is 3.18. The molecule has 1 atom stereocenters. The van der Waals surface area contributed by atoms with Crippen molar-refractivity contribution < 1.29 is 4.79 Å². The van der Waals surface area contributed by atoms with Crippen LogP contribution in [0, 0.1) is 0 Å². The third-order valence-electron chi connectivity index (χ3n) is 4.25. The molecule has 0 bridgehead atoms. The standard InChI is InChI=1S/C13H24N2O/c1-2-13(8-6-9-13)15-12(16)11-7-4-3-5-10-14-11/h11,14H,2-10H2,1H3,(H,15,16). The zero-order valence-electron chi connectivity index (χ0n) is 10.3. The van der Waals surface area contributed by atoms with E-state index in [0.29, 0.717) is 0 Å². The van der Waals surface area contributed by atoms with Gasteiger partial charge in [-0.2, -0.15) is 0 Å². The summed E-state index contributed by atoms with van der Waals surface area (Å²) >= 11 is 0. The van der Waals surface area contributed by atoms with Gasteiger partial charge in [-0.3, -0.25) is 4.79 Å².